The summed E-state index contributed by atoms with van der Waals surface area (Å²) in [4.78, 5) is 0. The minimum atomic E-state index is 1.09. The monoisotopic (exact) mass is 173 g/mol. The summed E-state index contributed by atoms with van der Waals surface area (Å²) in [6.07, 6.45) is 3.43. The van der Waals surface area contributed by atoms with Gasteiger partial charge in [-0.15, -0.1) is 0 Å². The molecule has 0 saturated carbocycles. The Morgan fingerprint density at radius 1 is 1.08 bits per heavy atom. The molecule has 0 radical (unpaired) electrons. The van der Waals surface area contributed by atoms with E-state index in [0.29, 0.717) is 0 Å². The average Bonchev–Trinajstić information content (AvgIpc) is 2.53. The first-order valence-electron chi connectivity index (χ1n) is 4.78. The van der Waals surface area contributed by atoms with Crippen LogP contribution in [0.3, 0.4) is 0 Å². The second-order valence-corrected chi connectivity index (χ2v) is 3.71. The van der Waals surface area contributed by atoms with E-state index in [0.717, 1.165) is 13.0 Å². The normalized spacial score (nSPS) is 15.4. The Balaban J connectivity index is 2.39. The first-order valence-corrected chi connectivity index (χ1v) is 4.78. The number of rotatable bonds is 1. The maximum atomic E-state index is 3.39. The van der Waals surface area contributed by atoms with Gasteiger partial charge >= 0.3 is 0 Å². The van der Waals surface area contributed by atoms with E-state index in [4.69, 9.17) is 0 Å². The fourth-order valence-corrected chi connectivity index (χ4v) is 1.85. The summed E-state index contributed by atoms with van der Waals surface area (Å²) >= 11 is 0. The van der Waals surface area contributed by atoms with Crippen LogP contribution in [0.1, 0.15) is 23.1 Å². The number of hydrogen-bond donors (Lipinski definition) is 1. The van der Waals surface area contributed by atoms with Crippen LogP contribution in [0.5, 0.6) is 0 Å². The molecule has 1 aliphatic rings. The average molecular weight is 173 g/mol. The van der Waals surface area contributed by atoms with Crippen LogP contribution < -0.4 is 5.32 Å². The summed E-state index contributed by atoms with van der Waals surface area (Å²) in [5.41, 5.74) is 5.30. The van der Waals surface area contributed by atoms with Crippen molar-refractivity contribution < 1.29 is 0 Å². The van der Waals surface area contributed by atoms with E-state index in [1.54, 1.807) is 0 Å². The second-order valence-electron chi connectivity index (χ2n) is 3.71. The summed E-state index contributed by atoms with van der Waals surface area (Å²) in [5, 5.41) is 3.39. The van der Waals surface area contributed by atoms with Gasteiger partial charge in [-0.1, -0.05) is 23.3 Å². The number of aryl methyl sites for hydroxylation is 2. The minimum Gasteiger partial charge on any atom is -0.385 e. The third-order valence-electron chi connectivity index (χ3n) is 2.34. The SMILES string of the molecule is Cc1cc(C)cc(C2=CCCN2)c1. The molecule has 0 aromatic heterocycles. The Labute approximate surface area is 79.5 Å². The van der Waals surface area contributed by atoms with E-state index in [1.807, 2.05) is 0 Å². The molecule has 1 N–H and O–H groups in total. The molecule has 1 nitrogen and oxygen atoms in total. The number of hydrogen-bond acceptors (Lipinski definition) is 1. The van der Waals surface area contributed by atoms with Gasteiger partial charge in [0.2, 0.25) is 0 Å². The highest BCUT2D eigenvalue weighted by Gasteiger charge is 2.06. The first-order chi connectivity index (χ1) is 6.25. The van der Waals surface area contributed by atoms with Crippen molar-refractivity contribution in [3.63, 3.8) is 0 Å². The molecule has 1 aromatic rings. The summed E-state index contributed by atoms with van der Waals surface area (Å²) < 4.78 is 0. The maximum absolute atomic E-state index is 3.39. The van der Waals surface area contributed by atoms with E-state index in [2.05, 4.69) is 43.4 Å². The molecule has 0 fully saturated rings. The van der Waals surface area contributed by atoms with Crippen molar-refractivity contribution in [2.75, 3.05) is 6.54 Å². The quantitative estimate of drug-likeness (QED) is 0.688. The predicted molar refractivity (Wildman–Crippen MR) is 56.5 cm³/mol. The van der Waals surface area contributed by atoms with Gasteiger partial charge in [-0.2, -0.15) is 0 Å². The van der Waals surface area contributed by atoms with Crippen molar-refractivity contribution in [1.29, 1.82) is 0 Å². The van der Waals surface area contributed by atoms with Crippen LogP contribution >= 0.6 is 0 Å². The molecule has 1 aliphatic heterocycles. The highest BCUT2D eigenvalue weighted by molar-refractivity contribution is 5.66. The van der Waals surface area contributed by atoms with Gasteiger partial charge in [0.15, 0.2) is 0 Å². The van der Waals surface area contributed by atoms with Gasteiger partial charge in [-0.25, -0.2) is 0 Å². The zero-order chi connectivity index (χ0) is 9.26. The minimum absolute atomic E-state index is 1.09. The van der Waals surface area contributed by atoms with Gasteiger partial charge in [0, 0.05) is 12.2 Å². The third-order valence-corrected chi connectivity index (χ3v) is 2.34. The van der Waals surface area contributed by atoms with E-state index < -0.39 is 0 Å². The second kappa shape index (κ2) is 3.25. The van der Waals surface area contributed by atoms with E-state index >= 15 is 0 Å². The molecular weight excluding hydrogens is 158 g/mol. The summed E-state index contributed by atoms with van der Waals surface area (Å²) in [6.45, 7) is 5.38. The zero-order valence-electron chi connectivity index (χ0n) is 8.22. The zero-order valence-corrected chi connectivity index (χ0v) is 8.22. The molecule has 68 valence electrons. The largest absolute Gasteiger partial charge is 0.385 e. The van der Waals surface area contributed by atoms with Gasteiger partial charge in [0.25, 0.3) is 0 Å². The van der Waals surface area contributed by atoms with Gasteiger partial charge in [-0.05, 0) is 38.0 Å². The number of benzene rings is 1. The van der Waals surface area contributed by atoms with E-state index in [9.17, 15) is 0 Å². The fourth-order valence-electron chi connectivity index (χ4n) is 1.85. The molecule has 13 heavy (non-hydrogen) atoms. The summed E-state index contributed by atoms with van der Waals surface area (Å²) in [7, 11) is 0. The van der Waals surface area contributed by atoms with Gasteiger partial charge < -0.3 is 5.32 Å². The molecule has 2 rings (SSSR count). The lowest BCUT2D eigenvalue weighted by Crippen LogP contribution is -2.06. The molecule has 0 unspecified atom stereocenters. The highest BCUT2D eigenvalue weighted by Crippen LogP contribution is 2.18. The lowest BCUT2D eigenvalue weighted by Gasteiger charge is -2.06. The van der Waals surface area contributed by atoms with Crippen molar-refractivity contribution in [3.05, 3.63) is 41.0 Å². The van der Waals surface area contributed by atoms with Crippen molar-refractivity contribution in [2.45, 2.75) is 20.3 Å². The topological polar surface area (TPSA) is 12.0 Å². The molecule has 1 heterocycles. The number of nitrogens with one attached hydrogen (secondary N) is 1. The Morgan fingerprint density at radius 3 is 2.31 bits per heavy atom. The van der Waals surface area contributed by atoms with E-state index in [-0.39, 0.29) is 0 Å². The van der Waals surface area contributed by atoms with Crippen molar-refractivity contribution >= 4 is 5.70 Å². The first kappa shape index (κ1) is 8.36. The van der Waals surface area contributed by atoms with Crippen LogP contribution in [0.15, 0.2) is 24.3 Å². The fraction of sp³-hybridized carbons (Fsp3) is 0.333. The van der Waals surface area contributed by atoms with Crippen LogP contribution in [0.2, 0.25) is 0 Å². The molecule has 0 bridgehead atoms. The van der Waals surface area contributed by atoms with Crippen LogP contribution in [-0.4, -0.2) is 6.54 Å². The highest BCUT2D eigenvalue weighted by atomic mass is 14.9. The summed E-state index contributed by atoms with van der Waals surface area (Å²) in [6, 6.07) is 6.67. The lowest BCUT2D eigenvalue weighted by molar-refractivity contribution is 0.927. The van der Waals surface area contributed by atoms with Crippen LogP contribution in [0.25, 0.3) is 5.70 Å². The predicted octanol–water partition coefficient (Wildman–Crippen LogP) is 2.64. The third kappa shape index (κ3) is 1.74. The Morgan fingerprint density at radius 2 is 1.77 bits per heavy atom. The Bertz CT molecular complexity index is 330. The molecule has 1 aromatic carbocycles. The Hall–Kier alpha value is -1.24. The van der Waals surface area contributed by atoms with Gasteiger partial charge in [0.05, 0.1) is 0 Å². The molecule has 0 atom stereocenters. The smallest absolute Gasteiger partial charge is 0.0374 e. The van der Waals surface area contributed by atoms with Crippen LogP contribution in [0.4, 0.5) is 0 Å². The standard InChI is InChI=1S/C12H15N/c1-9-6-10(2)8-11(7-9)12-4-3-5-13-12/h4,6-8,13H,3,5H2,1-2H3. The summed E-state index contributed by atoms with van der Waals surface area (Å²) in [5.74, 6) is 0. The molecule has 0 amide bonds. The van der Waals surface area contributed by atoms with Crippen molar-refractivity contribution in [1.82, 2.24) is 5.32 Å². The van der Waals surface area contributed by atoms with E-state index in [1.165, 1.54) is 22.4 Å². The van der Waals surface area contributed by atoms with Crippen molar-refractivity contribution in [3.8, 4) is 0 Å². The molecule has 0 spiro atoms. The van der Waals surface area contributed by atoms with Gasteiger partial charge in [-0.3, -0.25) is 0 Å². The molecule has 0 aliphatic carbocycles. The lowest BCUT2D eigenvalue weighted by atomic mass is 10.1. The Kier molecular flexibility index (Phi) is 2.09. The maximum Gasteiger partial charge on any atom is 0.0374 e. The molecule has 0 saturated heterocycles. The van der Waals surface area contributed by atoms with Gasteiger partial charge in [0.1, 0.15) is 0 Å². The van der Waals surface area contributed by atoms with Crippen LogP contribution in [-0.2, 0) is 0 Å². The molecule has 1 heteroatoms. The van der Waals surface area contributed by atoms with Crippen molar-refractivity contribution in [2.24, 2.45) is 0 Å². The molecular formula is C12H15N. The van der Waals surface area contributed by atoms with Crippen LogP contribution in [0, 0.1) is 13.8 Å².